The van der Waals surface area contributed by atoms with Gasteiger partial charge in [-0.15, -0.1) is 30.6 Å². The van der Waals surface area contributed by atoms with Crippen LogP contribution >= 0.6 is 24.0 Å². The van der Waals surface area contributed by atoms with Gasteiger partial charge in [0.2, 0.25) is 0 Å². The molecule has 1 aromatic heterocycles. The number of aliphatic imine (C=N–C) groups is 1. The van der Waals surface area contributed by atoms with Gasteiger partial charge in [-0.3, -0.25) is 0 Å². The third-order valence-electron chi connectivity index (χ3n) is 3.97. The molecule has 0 aliphatic carbocycles. The van der Waals surface area contributed by atoms with Crippen LogP contribution in [0.25, 0.3) is 5.69 Å². The summed E-state index contributed by atoms with van der Waals surface area (Å²) in [6.07, 6.45) is 5.98. The number of ether oxygens (including phenoxy) is 1. The Hall–Kier alpha value is -2.03. The Kier molecular flexibility index (Phi) is 10.5. The van der Waals surface area contributed by atoms with Crippen LogP contribution in [0.4, 0.5) is 0 Å². The normalized spacial score (nSPS) is 10.9. The number of allylic oxidation sites excluding steroid dienone is 1. The van der Waals surface area contributed by atoms with Gasteiger partial charge in [0.05, 0.1) is 25.0 Å². The molecule has 0 spiro atoms. The zero-order chi connectivity index (χ0) is 18.8. The molecule has 1 N–H and O–H groups in total. The molecule has 0 bridgehead atoms. The molecule has 0 radical (unpaired) electrons. The lowest BCUT2D eigenvalue weighted by Gasteiger charge is -2.21. The number of hydrogen-bond donors (Lipinski definition) is 1. The predicted octanol–water partition coefficient (Wildman–Crippen LogP) is 3.86. The molecule has 0 saturated carbocycles. The SMILES string of the molecule is C=CCCCN(C)C(=NCc1ccn(-c2ccc(OC)cc2)n1)NCC.I. The number of methoxy groups -OCH3 is 1. The van der Waals surface area contributed by atoms with E-state index < -0.39 is 0 Å². The highest BCUT2D eigenvalue weighted by molar-refractivity contribution is 14.0. The van der Waals surface area contributed by atoms with Crippen molar-refractivity contribution >= 4 is 29.9 Å². The monoisotopic (exact) mass is 483 g/mol. The first-order valence-electron chi connectivity index (χ1n) is 8.97. The summed E-state index contributed by atoms with van der Waals surface area (Å²) in [7, 11) is 3.72. The van der Waals surface area contributed by atoms with E-state index in [4.69, 9.17) is 9.73 Å². The summed E-state index contributed by atoms with van der Waals surface area (Å²) >= 11 is 0. The molecule has 0 aliphatic heterocycles. The van der Waals surface area contributed by atoms with E-state index in [9.17, 15) is 0 Å². The first-order valence-corrected chi connectivity index (χ1v) is 8.97. The van der Waals surface area contributed by atoms with E-state index in [2.05, 4.69) is 35.9 Å². The summed E-state index contributed by atoms with van der Waals surface area (Å²) in [6, 6.07) is 9.81. The molecule has 0 amide bonds. The average Bonchev–Trinajstić information content (AvgIpc) is 3.14. The van der Waals surface area contributed by atoms with Gasteiger partial charge >= 0.3 is 0 Å². The van der Waals surface area contributed by atoms with E-state index in [-0.39, 0.29) is 24.0 Å². The quantitative estimate of drug-likeness (QED) is 0.194. The first kappa shape index (κ1) is 23.0. The van der Waals surface area contributed by atoms with Crippen LogP contribution in [0.2, 0.25) is 0 Å². The lowest BCUT2D eigenvalue weighted by Crippen LogP contribution is -2.39. The highest BCUT2D eigenvalue weighted by Gasteiger charge is 2.06. The van der Waals surface area contributed by atoms with Gasteiger partial charge in [0, 0.05) is 26.3 Å². The fourth-order valence-electron chi connectivity index (χ4n) is 2.53. The number of nitrogens with zero attached hydrogens (tertiary/aromatic N) is 4. The highest BCUT2D eigenvalue weighted by Crippen LogP contribution is 2.14. The molecule has 7 heteroatoms. The second-order valence-electron chi connectivity index (χ2n) is 5.97. The van der Waals surface area contributed by atoms with Crippen molar-refractivity contribution in [2.45, 2.75) is 26.3 Å². The number of unbranched alkanes of at least 4 members (excludes halogenated alkanes) is 1. The zero-order valence-electron chi connectivity index (χ0n) is 16.4. The average molecular weight is 483 g/mol. The summed E-state index contributed by atoms with van der Waals surface area (Å²) in [4.78, 5) is 6.85. The third-order valence-corrected chi connectivity index (χ3v) is 3.97. The van der Waals surface area contributed by atoms with E-state index in [1.807, 2.05) is 47.3 Å². The van der Waals surface area contributed by atoms with Crippen molar-refractivity contribution in [2.75, 3.05) is 27.2 Å². The van der Waals surface area contributed by atoms with Crippen LogP contribution in [0.1, 0.15) is 25.5 Å². The molecule has 2 aromatic rings. The van der Waals surface area contributed by atoms with Crippen molar-refractivity contribution in [3.05, 3.63) is 54.9 Å². The standard InChI is InChI=1S/C20H29N5O.HI/c1-5-7-8-14-24(3)20(21-6-2)22-16-17-13-15-25(23-17)18-9-11-19(26-4)12-10-18;/h5,9-13,15H,1,6-8,14,16H2,2-4H3,(H,21,22);1H. The molecule has 148 valence electrons. The Morgan fingerprint density at radius 3 is 2.70 bits per heavy atom. The number of aromatic nitrogens is 2. The molecule has 0 atom stereocenters. The minimum absolute atomic E-state index is 0. The van der Waals surface area contributed by atoms with Gasteiger partial charge in [-0.2, -0.15) is 5.10 Å². The minimum Gasteiger partial charge on any atom is -0.497 e. The summed E-state index contributed by atoms with van der Waals surface area (Å²) in [5.41, 5.74) is 1.92. The van der Waals surface area contributed by atoms with Crippen molar-refractivity contribution < 1.29 is 4.74 Å². The Morgan fingerprint density at radius 1 is 1.33 bits per heavy atom. The molecular weight excluding hydrogens is 453 g/mol. The van der Waals surface area contributed by atoms with Gasteiger partial charge in [-0.25, -0.2) is 9.67 Å². The van der Waals surface area contributed by atoms with Gasteiger partial charge in [0.1, 0.15) is 5.75 Å². The lowest BCUT2D eigenvalue weighted by atomic mass is 10.3. The number of benzene rings is 1. The summed E-state index contributed by atoms with van der Waals surface area (Å²) < 4.78 is 7.04. The van der Waals surface area contributed by atoms with Crippen LogP contribution in [0, 0.1) is 0 Å². The second-order valence-corrected chi connectivity index (χ2v) is 5.97. The van der Waals surface area contributed by atoms with Crippen LogP contribution in [0.3, 0.4) is 0 Å². The van der Waals surface area contributed by atoms with Crippen molar-refractivity contribution in [2.24, 2.45) is 4.99 Å². The summed E-state index contributed by atoms with van der Waals surface area (Å²) in [5.74, 6) is 1.73. The van der Waals surface area contributed by atoms with E-state index in [0.717, 1.165) is 49.0 Å². The molecule has 6 nitrogen and oxygen atoms in total. The highest BCUT2D eigenvalue weighted by atomic mass is 127. The number of halogens is 1. The Bertz CT molecular complexity index is 711. The summed E-state index contributed by atoms with van der Waals surface area (Å²) in [6.45, 7) is 8.16. The Balaban J connectivity index is 0.00000364. The first-order chi connectivity index (χ1) is 12.7. The van der Waals surface area contributed by atoms with E-state index in [1.54, 1.807) is 7.11 Å². The van der Waals surface area contributed by atoms with Crippen LogP contribution in [-0.2, 0) is 6.54 Å². The third kappa shape index (κ3) is 7.24. The maximum atomic E-state index is 5.19. The van der Waals surface area contributed by atoms with Crippen molar-refractivity contribution in [1.29, 1.82) is 0 Å². The maximum absolute atomic E-state index is 5.19. The molecule has 0 unspecified atom stereocenters. The van der Waals surface area contributed by atoms with Gasteiger partial charge in [-0.05, 0) is 50.1 Å². The lowest BCUT2D eigenvalue weighted by molar-refractivity contribution is 0.414. The van der Waals surface area contributed by atoms with Gasteiger partial charge < -0.3 is 15.0 Å². The Labute approximate surface area is 179 Å². The molecule has 0 saturated heterocycles. The minimum atomic E-state index is 0. The second kappa shape index (κ2) is 12.4. The number of hydrogen-bond acceptors (Lipinski definition) is 3. The predicted molar refractivity (Wildman–Crippen MR) is 122 cm³/mol. The number of rotatable bonds is 9. The number of guanidine groups is 1. The smallest absolute Gasteiger partial charge is 0.194 e. The van der Waals surface area contributed by atoms with Crippen molar-refractivity contribution in [1.82, 2.24) is 20.0 Å². The molecule has 1 heterocycles. The van der Waals surface area contributed by atoms with E-state index in [1.165, 1.54) is 0 Å². The van der Waals surface area contributed by atoms with Gasteiger partial charge in [0.25, 0.3) is 0 Å². The Morgan fingerprint density at radius 2 is 2.07 bits per heavy atom. The summed E-state index contributed by atoms with van der Waals surface area (Å²) in [5, 5.41) is 7.94. The molecule has 0 aliphatic rings. The zero-order valence-corrected chi connectivity index (χ0v) is 18.7. The topological polar surface area (TPSA) is 54.7 Å². The van der Waals surface area contributed by atoms with Crippen LogP contribution in [0.15, 0.2) is 54.2 Å². The van der Waals surface area contributed by atoms with Crippen LogP contribution < -0.4 is 10.1 Å². The molecular formula is C20H30IN5O. The number of nitrogens with one attached hydrogen (secondary N) is 1. The molecule has 0 fully saturated rings. The molecule has 2 rings (SSSR count). The van der Waals surface area contributed by atoms with Crippen LogP contribution in [0.5, 0.6) is 5.75 Å². The van der Waals surface area contributed by atoms with E-state index in [0.29, 0.717) is 6.54 Å². The maximum Gasteiger partial charge on any atom is 0.194 e. The fourth-order valence-corrected chi connectivity index (χ4v) is 2.53. The van der Waals surface area contributed by atoms with Crippen molar-refractivity contribution in [3.8, 4) is 11.4 Å². The van der Waals surface area contributed by atoms with Gasteiger partial charge in [0.15, 0.2) is 5.96 Å². The van der Waals surface area contributed by atoms with Gasteiger partial charge in [-0.1, -0.05) is 6.08 Å². The molecule has 1 aromatic carbocycles. The van der Waals surface area contributed by atoms with Crippen LogP contribution in [-0.4, -0.2) is 47.9 Å². The van der Waals surface area contributed by atoms with E-state index >= 15 is 0 Å². The largest absolute Gasteiger partial charge is 0.497 e. The molecule has 27 heavy (non-hydrogen) atoms. The fraction of sp³-hybridized carbons (Fsp3) is 0.400. The van der Waals surface area contributed by atoms with Crippen molar-refractivity contribution in [3.63, 3.8) is 0 Å².